The zero-order chi connectivity index (χ0) is 17.9. The summed E-state index contributed by atoms with van der Waals surface area (Å²) in [5.41, 5.74) is 1.72. The van der Waals surface area contributed by atoms with E-state index in [0.29, 0.717) is 12.1 Å². The quantitative estimate of drug-likeness (QED) is 0.446. The number of anilines is 2. The van der Waals surface area contributed by atoms with Crippen LogP contribution in [-0.4, -0.2) is 17.3 Å². The van der Waals surface area contributed by atoms with E-state index in [2.05, 4.69) is 22.6 Å². The molecule has 0 saturated heterocycles. The van der Waals surface area contributed by atoms with E-state index < -0.39 is 11.4 Å². The van der Waals surface area contributed by atoms with E-state index in [1.54, 1.807) is 11.1 Å². The smallest absolute Gasteiger partial charge is 0.143 e. The van der Waals surface area contributed by atoms with Crippen molar-refractivity contribution in [1.29, 1.82) is 0 Å². The minimum atomic E-state index is -0.625. The first-order valence-electron chi connectivity index (χ1n) is 7.55. The lowest BCUT2D eigenvalue weighted by atomic mass is 10.1. The third-order valence-corrected chi connectivity index (χ3v) is 4.55. The molecule has 0 aliphatic carbocycles. The molecule has 0 fully saturated rings. The molecule has 0 amide bonds. The van der Waals surface area contributed by atoms with Gasteiger partial charge in [-0.1, -0.05) is 11.6 Å². The molecule has 0 saturated carbocycles. The number of halogens is 3. The van der Waals surface area contributed by atoms with Crippen molar-refractivity contribution < 1.29 is 14.3 Å². The number of aryl methyl sites for hydroxylation is 1. The molecule has 3 nitrogen and oxygen atoms in total. The van der Waals surface area contributed by atoms with Crippen LogP contribution in [0, 0.1) is 16.3 Å². The zero-order valence-electron chi connectivity index (χ0n) is 13.8. The van der Waals surface area contributed by atoms with E-state index in [0.717, 1.165) is 14.8 Å². The van der Waals surface area contributed by atoms with Gasteiger partial charge < -0.3 is 5.11 Å². The zero-order valence-corrected chi connectivity index (χ0v) is 16.7. The van der Waals surface area contributed by atoms with E-state index >= 15 is 0 Å². The van der Waals surface area contributed by atoms with Crippen molar-refractivity contribution in [2.45, 2.75) is 32.8 Å². The normalized spacial score (nSPS) is 11.6. The van der Waals surface area contributed by atoms with E-state index in [-0.39, 0.29) is 11.6 Å². The van der Waals surface area contributed by atoms with Gasteiger partial charge in [0.2, 0.25) is 0 Å². The van der Waals surface area contributed by atoms with Gasteiger partial charge in [0.05, 0.1) is 22.0 Å². The van der Waals surface area contributed by atoms with Crippen molar-refractivity contribution in [1.82, 2.24) is 0 Å². The Morgan fingerprint density at radius 3 is 2.54 bits per heavy atom. The Labute approximate surface area is 160 Å². The number of benzene rings is 2. The highest BCUT2D eigenvalue weighted by molar-refractivity contribution is 14.1. The molecule has 0 bridgehead atoms. The maximum atomic E-state index is 13.9. The fraction of sp³-hybridized carbons (Fsp3) is 0.333. The van der Waals surface area contributed by atoms with Gasteiger partial charge in [0.25, 0.3) is 0 Å². The van der Waals surface area contributed by atoms with Crippen molar-refractivity contribution in [2.75, 3.05) is 11.7 Å². The van der Waals surface area contributed by atoms with Gasteiger partial charge in [-0.3, -0.25) is 4.84 Å². The van der Waals surface area contributed by atoms with Gasteiger partial charge >= 0.3 is 0 Å². The molecule has 0 unspecified atom stereocenters. The van der Waals surface area contributed by atoms with Gasteiger partial charge in [0.1, 0.15) is 5.82 Å². The number of hydrogen-bond donors (Lipinski definition) is 1. The van der Waals surface area contributed by atoms with Crippen LogP contribution in [0.5, 0.6) is 0 Å². The number of hydrogen-bond acceptors (Lipinski definition) is 3. The van der Waals surface area contributed by atoms with Crippen LogP contribution < -0.4 is 5.06 Å². The summed E-state index contributed by atoms with van der Waals surface area (Å²) < 4.78 is 15.0. The van der Waals surface area contributed by atoms with Crippen LogP contribution in [-0.2, 0) is 4.84 Å². The monoisotopic (exact) mass is 463 g/mol. The Hall–Kier alpha value is -0.890. The molecule has 24 heavy (non-hydrogen) atoms. The van der Waals surface area contributed by atoms with Crippen LogP contribution in [0.2, 0.25) is 5.02 Å². The Kier molecular flexibility index (Phi) is 6.47. The van der Waals surface area contributed by atoms with Gasteiger partial charge in [0.15, 0.2) is 0 Å². The number of rotatable bonds is 6. The minimum Gasteiger partial charge on any atom is -0.396 e. The molecule has 0 aliphatic rings. The molecule has 0 radical (unpaired) electrons. The van der Waals surface area contributed by atoms with Crippen molar-refractivity contribution in [3.63, 3.8) is 0 Å². The summed E-state index contributed by atoms with van der Waals surface area (Å²) in [6.07, 6.45) is 0.447. The lowest BCUT2D eigenvalue weighted by Crippen LogP contribution is -2.34. The summed E-state index contributed by atoms with van der Waals surface area (Å²) in [5, 5.41) is 10.9. The van der Waals surface area contributed by atoms with Crippen LogP contribution >= 0.6 is 34.2 Å². The second-order valence-corrected chi connectivity index (χ2v) is 7.80. The van der Waals surface area contributed by atoms with Crippen molar-refractivity contribution in [3.05, 3.63) is 56.4 Å². The first-order chi connectivity index (χ1) is 11.2. The standard InChI is InChI=1S/C18H20ClFINO2/c1-12-10-13(21)4-7-17(12)22(24-18(2,3)8-9-23)14-5-6-15(19)16(20)11-14/h4-7,10-11,23H,8-9H2,1-3H3. The predicted octanol–water partition coefficient (Wildman–Crippen LogP) is 5.62. The lowest BCUT2D eigenvalue weighted by Gasteiger charge is -2.34. The predicted molar refractivity (Wildman–Crippen MR) is 104 cm³/mol. The Morgan fingerprint density at radius 1 is 1.25 bits per heavy atom. The highest BCUT2D eigenvalue weighted by Crippen LogP contribution is 2.34. The van der Waals surface area contributed by atoms with Gasteiger partial charge in [-0.15, -0.1) is 0 Å². The van der Waals surface area contributed by atoms with Crippen LogP contribution in [0.25, 0.3) is 0 Å². The lowest BCUT2D eigenvalue weighted by molar-refractivity contribution is -0.0332. The molecule has 0 atom stereocenters. The van der Waals surface area contributed by atoms with Crippen LogP contribution in [0.4, 0.5) is 15.8 Å². The van der Waals surface area contributed by atoms with Crippen LogP contribution in [0.15, 0.2) is 36.4 Å². The molecule has 130 valence electrons. The Bertz CT molecular complexity index is 724. The van der Waals surface area contributed by atoms with Crippen molar-refractivity contribution in [3.8, 4) is 0 Å². The van der Waals surface area contributed by atoms with Crippen LogP contribution in [0.1, 0.15) is 25.8 Å². The van der Waals surface area contributed by atoms with E-state index in [4.69, 9.17) is 16.4 Å². The molecular weight excluding hydrogens is 444 g/mol. The minimum absolute atomic E-state index is 0.00148. The van der Waals surface area contributed by atoms with Gasteiger partial charge in [-0.25, -0.2) is 9.45 Å². The number of aliphatic hydroxyl groups is 1. The summed E-state index contributed by atoms with van der Waals surface area (Å²) in [6, 6.07) is 10.5. The maximum Gasteiger partial charge on any atom is 0.143 e. The van der Waals surface area contributed by atoms with Gasteiger partial charge in [-0.05, 0) is 79.3 Å². The van der Waals surface area contributed by atoms with E-state index in [1.807, 2.05) is 39.0 Å². The van der Waals surface area contributed by atoms with Crippen LogP contribution in [0.3, 0.4) is 0 Å². The number of nitrogens with zero attached hydrogens (tertiary/aromatic N) is 1. The summed E-state index contributed by atoms with van der Waals surface area (Å²) in [4.78, 5) is 6.13. The summed E-state index contributed by atoms with van der Waals surface area (Å²) in [6.45, 7) is 5.73. The van der Waals surface area contributed by atoms with Crippen molar-refractivity contribution >= 4 is 45.6 Å². The third-order valence-electron chi connectivity index (χ3n) is 3.57. The SMILES string of the molecule is Cc1cc(I)ccc1N(OC(C)(C)CCO)c1ccc(Cl)c(F)c1. The Balaban J connectivity index is 2.50. The Morgan fingerprint density at radius 2 is 1.96 bits per heavy atom. The molecule has 2 aromatic rings. The molecule has 0 spiro atoms. The van der Waals surface area contributed by atoms with Gasteiger partial charge in [0, 0.05) is 22.7 Å². The molecule has 2 rings (SSSR count). The second-order valence-electron chi connectivity index (χ2n) is 6.15. The average molecular weight is 464 g/mol. The molecular formula is C18H20ClFINO2. The van der Waals surface area contributed by atoms with Gasteiger partial charge in [-0.2, -0.15) is 0 Å². The first-order valence-corrected chi connectivity index (χ1v) is 9.00. The van der Waals surface area contributed by atoms with E-state index in [9.17, 15) is 9.50 Å². The summed E-state index contributed by atoms with van der Waals surface area (Å²) >= 11 is 8.04. The molecule has 6 heteroatoms. The molecule has 0 aromatic heterocycles. The number of aliphatic hydroxyl groups excluding tert-OH is 1. The first kappa shape index (κ1) is 19.4. The average Bonchev–Trinajstić information content (AvgIpc) is 2.48. The maximum absolute atomic E-state index is 13.9. The molecule has 1 N–H and O–H groups in total. The van der Waals surface area contributed by atoms with Crippen molar-refractivity contribution in [2.24, 2.45) is 0 Å². The summed E-state index contributed by atoms with van der Waals surface area (Å²) in [5.74, 6) is -0.508. The largest absolute Gasteiger partial charge is 0.396 e. The molecule has 0 heterocycles. The second kappa shape index (κ2) is 7.99. The highest BCUT2D eigenvalue weighted by atomic mass is 127. The fourth-order valence-corrected chi connectivity index (χ4v) is 3.03. The molecule has 2 aromatic carbocycles. The highest BCUT2D eigenvalue weighted by Gasteiger charge is 2.25. The third kappa shape index (κ3) is 4.81. The van der Waals surface area contributed by atoms with E-state index in [1.165, 1.54) is 12.1 Å². The topological polar surface area (TPSA) is 32.7 Å². The fourth-order valence-electron chi connectivity index (χ4n) is 2.26. The molecule has 0 aliphatic heterocycles. The summed E-state index contributed by atoms with van der Waals surface area (Å²) in [7, 11) is 0.